The van der Waals surface area contributed by atoms with E-state index in [1.165, 1.54) is 7.11 Å². The zero-order valence-electron chi connectivity index (χ0n) is 28.1. The Morgan fingerprint density at radius 1 is 0.896 bits per heavy atom. The van der Waals surface area contributed by atoms with Crippen molar-refractivity contribution in [3.05, 3.63) is 72.6 Å². The molecule has 48 heavy (non-hydrogen) atoms. The Morgan fingerprint density at radius 2 is 1.48 bits per heavy atom. The van der Waals surface area contributed by atoms with Gasteiger partial charge < -0.3 is 35.3 Å². The van der Waals surface area contributed by atoms with E-state index in [2.05, 4.69) is 73.4 Å². The monoisotopic (exact) mass is 655 g/mol. The predicted octanol–water partition coefficient (Wildman–Crippen LogP) is 5.37. The number of hydrogen-bond donors (Lipinski definition) is 5. The summed E-state index contributed by atoms with van der Waals surface area (Å²) in [7, 11) is 1.23. The van der Waals surface area contributed by atoms with Crippen LogP contribution in [0.15, 0.2) is 60.9 Å². The minimum Gasteiger partial charge on any atom is -0.453 e. The van der Waals surface area contributed by atoms with Gasteiger partial charge in [0.15, 0.2) is 0 Å². The van der Waals surface area contributed by atoms with Gasteiger partial charge in [-0.2, -0.15) is 0 Å². The van der Waals surface area contributed by atoms with Gasteiger partial charge in [-0.3, -0.25) is 9.59 Å². The molecule has 5 N–H and O–H groups in total. The molecule has 254 valence electrons. The average Bonchev–Trinajstić information content (AvgIpc) is 3.87. The van der Waals surface area contributed by atoms with Crippen molar-refractivity contribution >= 4 is 17.9 Å². The first kappa shape index (κ1) is 34.4. The standard InChI is InChI=1S/C36H45N7O5/c1-21(2)17-31(45)43-16-6-7-30(43)34-38-19-28(40-34)26-14-10-24(11-15-26)23-8-12-25(13-9-23)27-18-37-33(39-27)29(20-44)41-35(46)32(22(3)4)42-36(47)48-5/h8-15,18-19,21-22,29-30,32,44H,6-7,16-17,20H2,1-5H3,(H,37,39)(H,38,40)(H,41,46)(H,42,47). The van der Waals surface area contributed by atoms with Gasteiger partial charge in [0.1, 0.15) is 23.7 Å². The zero-order chi connectivity index (χ0) is 34.4. The molecule has 1 aliphatic heterocycles. The van der Waals surface area contributed by atoms with Crippen LogP contribution in [0.5, 0.6) is 0 Å². The minimum atomic E-state index is -0.839. The number of aliphatic hydroxyl groups excluding tert-OH is 1. The lowest BCUT2D eigenvalue weighted by Gasteiger charge is -2.24. The number of alkyl carbamates (subject to hydrolysis) is 1. The van der Waals surface area contributed by atoms with Gasteiger partial charge in [0, 0.05) is 13.0 Å². The van der Waals surface area contributed by atoms with Gasteiger partial charge >= 0.3 is 6.09 Å². The van der Waals surface area contributed by atoms with Crippen LogP contribution in [0.4, 0.5) is 4.79 Å². The second-order valence-electron chi connectivity index (χ2n) is 13.0. The van der Waals surface area contributed by atoms with Crippen molar-refractivity contribution in [2.24, 2.45) is 11.8 Å². The molecule has 1 aliphatic rings. The molecule has 3 atom stereocenters. The number of ether oxygens (including phenoxy) is 1. The number of aromatic nitrogens is 4. The number of aliphatic hydroxyl groups is 1. The van der Waals surface area contributed by atoms with Crippen LogP contribution >= 0.6 is 0 Å². The maximum atomic E-state index is 12.9. The Balaban J connectivity index is 1.23. The summed E-state index contributed by atoms with van der Waals surface area (Å²) in [5.74, 6) is 1.09. The first-order chi connectivity index (χ1) is 23.1. The van der Waals surface area contributed by atoms with E-state index in [1.54, 1.807) is 20.0 Å². The Hall–Kier alpha value is -4.97. The number of carbonyl (C=O) groups excluding carboxylic acids is 3. The van der Waals surface area contributed by atoms with E-state index >= 15 is 0 Å². The maximum absolute atomic E-state index is 12.9. The number of aromatic amines is 2. The van der Waals surface area contributed by atoms with E-state index in [0.717, 1.165) is 58.9 Å². The molecule has 2 aromatic heterocycles. The van der Waals surface area contributed by atoms with Crippen molar-refractivity contribution in [2.75, 3.05) is 20.3 Å². The SMILES string of the molecule is COC(=O)NC(C(=O)NC(CO)c1ncc(-c2ccc(-c3ccc(-c4cnc(C5CCCN5C(=O)CC(C)C)[nH]4)cc3)cc2)[nH]1)C(C)C. The second kappa shape index (κ2) is 15.3. The molecule has 3 heterocycles. The molecule has 5 rings (SSSR count). The van der Waals surface area contributed by atoms with Crippen LogP contribution in [0.3, 0.4) is 0 Å². The number of H-pyrrole nitrogens is 2. The number of hydrogen-bond acceptors (Lipinski definition) is 7. The summed E-state index contributed by atoms with van der Waals surface area (Å²) in [6.45, 7) is 8.13. The number of methoxy groups -OCH3 is 1. The van der Waals surface area contributed by atoms with Crippen molar-refractivity contribution in [3.8, 4) is 33.6 Å². The normalized spacial score (nSPS) is 15.8. The van der Waals surface area contributed by atoms with Gasteiger partial charge in [0.25, 0.3) is 0 Å². The second-order valence-corrected chi connectivity index (χ2v) is 13.0. The first-order valence-corrected chi connectivity index (χ1v) is 16.4. The number of amides is 3. The molecule has 3 amide bonds. The first-order valence-electron chi connectivity index (χ1n) is 16.4. The van der Waals surface area contributed by atoms with Crippen molar-refractivity contribution in [3.63, 3.8) is 0 Å². The Morgan fingerprint density at radius 3 is 2.04 bits per heavy atom. The fourth-order valence-corrected chi connectivity index (χ4v) is 6.00. The van der Waals surface area contributed by atoms with Crippen LogP contribution in [0.2, 0.25) is 0 Å². The molecule has 4 aromatic rings. The maximum Gasteiger partial charge on any atom is 0.407 e. The number of likely N-dealkylation sites (tertiary alicyclic amines) is 1. The van der Waals surface area contributed by atoms with Crippen LogP contribution < -0.4 is 10.6 Å². The number of nitrogens with one attached hydrogen (secondary N) is 4. The predicted molar refractivity (Wildman–Crippen MR) is 182 cm³/mol. The Bertz CT molecular complexity index is 1690. The largest absolute Gasteiger partial charge is 0.453 e. The quantitative estimate of drug-likeness (QED) is 0.137. The van der Waals surface area contributed by atoms with Crippen molar-refractivity contribution < 1.29 is 24.2 Å². The smallest absolute Gasteiger partial charge is 0.407 e. The van der Waals surface area contributed by atoms with E-state index in [-0.39, 0.29) is 24.5 Å². The third-order valence-corrected chi connectivity index (χ3v) is 8.62. The molecule has 12 heteroatoms. The van der Waals surface area contributed by atoms with E-state index < -0.39 is 24.1 Å². The number of carbonyl (C=O) groups is 3. The fourth-order valence-electron chi connectivity index (χ4n) is 6.00. The molecular formula is C36H45N7O5. The topological polar surface area (TPSA) is 165 Å². The molecule has 1 fully saturated rings. The zero-order valence-corrected chi connectivity index (χ0v) is 28.1. The van der Waals surface area contributed by atoms with E-state index in [1.807, 2.05) is 35.4 Å². The molecule has 0 aliphatic carbocycles. The lowest BCUT2D eigenvalue weighted by atomic mass is 10.0. The van der Waals surface area contributed by atoms with Crippen LogP contribution in [0.1, 0.15) is 70.7 Å². The summed E-state index contributed by atoms with van der Waals surface area (Å²) < 4.78 is 4.63. The van der Waals surface area contributed by atoms with Crippen molar-refractivity contribution in [1.82, 2.24) is 35.5 Å². The molecule has 0 saturated carbocycles. The van der Waals surface area contributed by atoms with Gasteiger partial charge in [-0.1, -0.05) is 76.2 Å². The molecule has 0 radical (unpaired) electrons. The van der Waals surface area contributed by atoms with Gasteiger partial charge in [-0.25, -0.2) is 14.8 Å². The van der Waals surface area contributed by atoms with Crippen LogP contribution in [0, 0.1) is 11.8 Å². The van der Waals surface area contributed by atoms with Crippen molar-refractivity contribution in [1.29, 1.82) is 0 Å². The van der Waals surface area contributed by atoms with E-state index in [9.17, 15) is 19.5 Å². The summed E-state index contributed by atoms with van der Waals surface area (Å²) in [6, 6.07) is 14.6. The summed E-state index contributed by atoms with van der Waals surface area (Å²) in [4.78, 5) is 55.1. The molecule has 0 spiro atoms. The third-order valence-electron chi connectivity index (χ3n) is 8.62. The lowest BCUT2D eigenvalue weighted by molar-refractivity contribution is -0.133. The number of imidazole rings is 2. The van der Waals surface area contributed by atoms with Crippen LogP contribution in [0.25, 0.3) is 33.6 Å². The average molecular weight is 656 g/mol. The summed E-state index contributed by atoms with van der Waals surface area (Å²) in [6.07, 6.45) is 5.24. The van der Waals surface area contributed by atoms with Crippen LogP contribution in [-0.2, 0) is 14.3 Å². The molecule has 3 unspecified atom stereocenters. The van der Waals surface area contributed by atoms with Crippen LogP contribution in [-0.4, -0.2) is 74.2 Å². The van der Waals surface area contributed by atoms with Crippen molar-refractivity contribution in [2.45, 2.75) is 65.1 Å². The highest BCUT2D eigenvalue weighted by Crippen LogP contribution is 2.33. The Labute approximate surface area is 280 Å². The molecule has 0 bridgehead atoms. The molecule has 12 nitrogen and oxygen atoms in total. The Kier molecular flexibility index (Phi) is 10.9. The lowest BCUT2D eigenvalue weighted by Crippen LogP contribution is -2.51. The number of benzene rings is 2. The van der Waals surface area contributed by atoms with E-state index in [0.29, 0.717) is 18.2 Å². The fraction of sp³-hybridized carbons (Fsp3) is 0.417. The number of rotatable bonds is 12. The highest BCUT2D eigenvalue weighted by Gasteiger charge is 2.32. The summed E-state index contributed by atoms with van der Waals surface area (Å²) in [5, 5.41) is 15.3. The molecular weight excluding hydrogens is 610 g/mol. The summed E-state index contributed by atoms with van der Waals surface area (Å²) in [5.41, 5.74) is 5.65. The van der Waals surface area contributed by atoms with E-state index in [4.69, 9.17) is 0 Å². The van der Waals surface area contributed by atoms with Gasteiger partial charge in [0.05, 0.1) is 43.5 Å². The van der Waals surface area contributed by atoms with Gasteiger partial charge in [0.2, 0.25) is 11.8 Å². The highest BCUT2D eigenvalue weighted by molar-refractivity contribution is 5.86. The molecule has 2 aromatic carbocycles. The van der Waals surface area contributed by atoms with Gasteiger partial charge in [-0.15, -0.1) is 0 Å². The number of nitrogens with zero attached hydrogens (tertiary/aromatic N) is 3. The molecule has 1 saturated heterocycles. The third kappa shape index (κ3) is 7.93. The highest BCUT2D eigenvalue weighted by atomic mass is 16.5. The minimum absolute atomic E-state index is 0.00501. The summed E-state index contributed by atoms with van der Waals surface area (Å²) >= 11 is 0. The van der Waals surface area contributed by atoms with Gasteiger partial charge in [-0.05, 0) is 46.9 Å².